The number of ether oxygens (including phenoxy) is 1. The van der Waals surface area contributed by atoms with Crippen LogP contribution in [0.25, 0.3) is 0 Å². The number of carbonyl (C=O) groups is 1. The molecule has 2 aliphatic rings. The zero-order valence-corrected chi connectivity index (χ0v) is 13.5. The van der Waals surface area contributed by atoms with Gasteiger partial charge in [0.2, 0.25) is 0 Å². The lowest BCUT2D eigenvalue weighted by Gasteiger charge is -2.17. The first-order chi connectivity index (χ1) is 11.1. The number of carbonyl (C=O) groups excluding carboxylic acids is 1. The first-order valence-electron chi connectivity index (χ1n) is 7.79. The summed E-state index contributed by atoms with van der Waals surface area (Å²) < 4.78 is 7.81. The summed E-state index contributed by atoms with van der Waals surface area (Å²) in [4.78, 5) is 12.5. The molecule has 3 heterocycles. The highest BCUT2D eigenvalue weighted by Crippen LogP contribution is 2.31. The fourth-order valence-corrected chi connectivity index (χ4v) is 3.42. The number of halogens is 1. The first kappa shape index (κ1) is 14.5. The van der Waals surface area contributed by atoms with Crippen LogP contribution < -0.4 is 10.1 Å². The number of fused-ring (bicyclic) bond motifs is 2. The van der Waals surface area contributed by atoms with Crippen LogP contribution in [0, 0.1) is 0 Å². The summed E-state index contributed by atoms with van der Waals surface area (Å²) >= 11 is 5.98. The third-order valence-corrected chi connectivity index (χ3v) is 4.61. The van der Waals surface area contributed by atoms with Gasteiger partial charge < -0.3 is 14.6 Å². The highest BCUT2D eigenvalue weighted by molar-refractivity contribution is 6.30. The van der Waals surface area contributed by atoms with Crippen LogP contribution >= 0.6 is 11.6 Å². The van der Waals surface area contributed by atoms with Crippen LogP contribution in [0.3, 0.4) is 0 Å². The molecule has 1 amide bonds. The van der Waals surface area contributed by atoms with E-state index >= 15 is 0 Å². The van der Waals surface area contributed by atoms with Gasteiger partial charge in [0.1, 0.15) is 11.6 Å². The van der Waals surface area contributed by atoms with Crippen LogP contribution in [0.15, 0.2) is 18.2 Å². The Balaban J connectivity index is 1.44. The predicted molar refractivity (Wildman–Crippen MR) is 84.5 cm³/mol. The van der Waals surface area contributed by atoms with Crippen molar-refractivity contribution in [1.29, 1.82) is 0 Å². The topological polar surface area (TPSA) is 69.0 Å². The van der Waals surface area contributed by atoms with Crippen molar-refractivity contribution in [1.82, 2.24) is 20.1 Å². The number of benzene rings is 1. The summed E-state index contributed by atoms with van der Waals surface area (Å²) in [6, 6.07) is 5.22. The van der Waals surface area contributed by atoms with E-state index in [1.165, 1.54) is 0 Å². The zero-order valence-electron chi connectivity index (χ0n) is 12.8. The number of nitrogens with zero attached hydrogens (tertiary/aromatic N) is 3. The molecule has 120 valence electrons. The van der Waals surface area contributed by atoms with Gasteiger partial charge >= 0.3 is 0 Å². The summed E-state index contributed by atoms with van der Waals surface area (Å²) in [7, 11) is 0. The molecule has 0 saturated heterocycles. The molecule has 2 aliphatic heterocycles. The van der Waals surface area contributed by atoms with Gasteiger partial charge in [0, 0.05) is 24.4 Å². The Morgan fingerprint density at radius 3 is 3.22 bits per heavy atom. The fourth-order valence-electron chi connectivity index (χ4n) is 3.23. The van der Waals surface area contributed by atoms with E-state index in [0.29, 0.717) is 11.4 Å². The van der Waals surface area contributed by atoms with E-state index in [9.17, 15) is 4.79 Å². The lowest BCUT2D eigenvalue weighted by Crippen LogP contribution is -2.39. The van der Waals surface area contributed by atoms with Gasteiger partial charge in [0.25, 0.3) is 5.91 Å². The van der Waals surface area contributed by atoms with Gasteiger partial charge in [-0.1, -0.05) is 11.6 Å². The van der Waals surface area contributed by atoms with Crippen molar-refractivity contribution < 1.29 is 9.53 Å². The van der Waals surface area contributed by atoms with Gasteiger partial charge in [0.05, 0.1) is 6.04 Å². The van der Waals surface area contributed by atoms with Gasteiger partial charge in [-0.05, 0) is 37.1 Å². The molecule has 0 radical (unpaired) electrons. The number of hydrogen-bond acceptors (Lipinski definition) is 4. The minimum atomic E-state index is -0.521. The number of rotatable bonds is 3. The van der Waals surface area contributed by atoms with Crippen LogP contribution in [0.1, 0.15) is 36.6 Å². The molecule has 1 aromatic carbocycles. The Kier molecular flexibility index (Phi) is 3.49. The molecule has 0 saturated carbocycles. The predicted octanol–water partition coefficient (Wildman–Crippen LogP) is 2.06. The fraction of sp³-hybridized carbons (Fsp3) is 0.438. The molecule has 2 unspecified atom stereocenters. The highest BCUT2D eigenvalue weighted by atomic mass is 35.5. The minimum Gasteiger partial charge on any atom is -0.480 e. The molecule has 7 heteroatoms. The molecule has 0 bridgehead atoms. The van der Waals surface area contributed by atoms with Gasteiger partial charge in [-0.15, -0.1) is 10.2 Å². The normalized spacial score (nSPS) is 19.8. The maximum atomic E-state index is 12.5. The second kappa shape index (κ2) is 5.53. The average Bonchev–Trinajstić information content (AvgIpc) is 3.20. The third-order valence-electron chi connectivity index (χ3n) is 4.37. The van der Waals surface area contributed by atoms with Crippen LogP contribution in [-0.4, -0.2) is 26.8 Å². The molecule has 1 aromatic heterocycles. The van der Waals surface area contributed by atoms with E-state index in [1.807, 2.05) is 13.0 Å². The minimum absolute atomic E-state index is 0.139. The highest BCUT2D eigenvalue weighted by Gasteiger charge is 2.31. The molecule has 6 nitrogen and oxygen atoms in total. The molecule has 2 atom stereocenters. The summed E-state index contributed by atoms with van der Waals surface area (Å²) in [6.07, 6.45) is 2.05. The van der Waals surface area contributed by atoms with Crippen molar-refractivity contribution in [3.05, 3.63) is 40.4 Å². The summed E-state index contributed by atoms with van der Waals surface area (Å²) in [5.41, 5.74) is 0.966. The van der Waals surface area contributed by atoms with E-state index in [2.05, 4.69) is 20.1 Å². The Hall–Kier alpha value is -2.08. The zero-order chi connectivity index (χ0) is 16.0. The van der Waals surface area contributed by atoms with Gasteiger partial charge in [0.15, 0.2) is 11.9 Å². The van der Waals surface area contributed by atoms with Gasteiger partial charge in [-0.25, -0.2) is 0 Å². The lowest BCUT2D eigenvalue weighted by molar-refractivity contribution is -0.128. The Labute approximate surface area is 138 Å². The standard InChI is InChI=1S/C16H17ClN4O2/c1-9(15-20-19-14-3-2-6-21(14)15)18-16(22)13-8-10-7-11(17)4-5-12(10)23-13/h4-5,7,9,13H,2-3,6,8H2,1H3,(H,18,22). The number of nitrogens with one attached hydrogen (secondary N) is 1. The third kappa shape index (κ3) is 2.57. The lowest BCUT2D eigenvalue weighted by atomic mass is 10.1. The van der Waals surface area contributed by atoms with Gasteiger partial charge in [-0.3, -0.25) is 4.79 Å². The molecule has 2 aromatic rings. The molecular weight excluding hydrogens is 316 g/mol. The first-order valence-corrected chi connectivity index (χ1v) is 8.17. The summed E-state index contributed by atoms with van der Waals surface area (Å²) in [5, 5.41) is 12.0. The van der Waals surface area contributed by atoms with Crippen LogP contribution in [0.2, 0.25) is 5.02 Å². The molecule has 0 spiro atoms. The average molecular weight is 333 g/mol. The maximum absolute atomic E-state index is 12.5. The SMILES string of the molecule is CC(NC(=O)C1Cc2cc(Cl)ccc2O1)c1nnc2n1CCC2. The van der Waals surface area contributed by atoms with Crippen molar-refractivity contribution in [2.24, 2.45) is 0 Å². The van der Waals surface area contributed by atoms with E-state index in [4.69, 9.17) is 16.3 Å². The van der Waals surface area contributed by atoms with Crippen molar-refractivity contribution in [3.63, 3.8) is 0 Å². The monoisotopic (exact) mass is 332 g/mol. The van der Waals surface area contributed by atoms with Crippen molar-refractivity contribution in [3.8, 4) is 5.75 Å². The van der Waals surface area contributed by atoms with Crippen molar-refractivity contribution in [2.45, 2.75) is 44.9 Å². The molecule has 23 heavy (non-hydrogen) atoms. The Bertz CT molecular complexity index is 773. The Morgan fingerprint density at radius 1 is 1.48 bits per heavy atom. The number of amides is 1. The second-order valence-corrected chi connectivity index (χ2v) is 6.46. The van der Waals surface area contributed by atoms with Crippen molar-refractivity contribution in [2.75, 3.05) is 0 Å². The Morgan fingerprint density at radius 2 is 2.35 bits per heavy atom. The van der Waals surface area contributed by atoms with Gasteiger partial charge in [-0.2, -0.15) is 0 Å². The molecule has 1 N–H and O–H groups in total. The van der Waals surface area contributed by atoms with Crippen LogP contribution in [0.4, 0.5) is 0 Å². The van der Waals surface area contributed by atoms with E-state index in [1.54, 1.807) is 12.1 Å². The van der Waals surface area contributed by atoms with Crippen LogP contribution in [0.5, 0.6) is 5.75 Å². The quantitative estimate of drug-likeness (QED) is 0.934. The number of aromatic nitrogens is 3. The summed E-state index contributed by atoms with van der Waals surface area (Å²) in [5.74, 6) is 2.40. The summed E-state index contributed by atoms with van der Waals surface area (Å²) in [6.45, 7) is 2.84. The molecule has 0 aliphatic carbocycles. The molecule has 0 fully saturated rings. The van der Waals surface area contributed by atoms with Crippen LogP contribution in [-0.2, 0) is 24.2 Å². The number of hydrogen-bond donors (Lipinski definition) is 1. The molecule has 4 rings (SSSR count). The van der Waals surface area contributed by atoms with E-state index < -0.39 is 6.10 Å². The smallest absolute Gasteiger partial charge is 0.262 e. The molecular formula is C16H17ClN4O2. The van der Waals surface area contributed by atoms with Crippen molar-refractivity contribution >= 4 is 17.5 Å². The largest absolute Gasteiger partial charge is 0.480 e. The number of aryl methyl sites for hydroxylation is 1. The maximum Gasteiger partial charge on any atom is 0.262 e. The van der Waals surface area contributed by atoms with E-state index in [-0.39, 0.29) is 11.9 Å². The second-order valence-electron chi connectivity index (χ2n) is 6.02. The van der Waals surface area contributed by atoms with E-state index in [0.717, 1.165) is 42.3 Å².